The van der Waals surface area contributed by atoms with Crippen LogP contribution in [-0.4, -0.2) is 58.3 Å². The van der Waals surface area contributed by atoms with Crippen LogP contribution in [0, 0.1) is 0 Å². The zero-order valence-electron chi connectivity index (χ0n) is 19.3. The summed E-state index contributed by atoms with van der Waals surface area (Å²) in [6, 6.07) is 20.3. The minimum absolute atomic E-state index is 0.594. The number of thiophene rings is 1. The molecule has 2 aromatic carbocycles. The minimum Gasteiger partial charge on any atom is -0.497 e. The molecule has 1 aliphatic rings. The van der Waals surface area contributed by atoms with Crippen LogP contribution in [0.4, 0.5) is 5.82 Å². The standard InChI is InChI=1S/C26H24N6O2S/c1-33-20-9-7-19(8-10-20)24-29-23(34-30-24)16-31-11-13-32(14-12-31)25-21-15-22(18-5-3-2-4-6-18)35-26(21)28-17-27-25/h2-10,15,17H,11-14,16H2,1H3. The first kappa shape index (κ1) is 21.7. The Kier molecular flexibility index (Phi) is 5.85. The molecule has 35 heavy (non-hydrogen) atoms. The summed E-state index contributed by atoms with van der Waals surface area (Å²) in [6.07, 6.45) is 1.68. The van der Waals surface area contributed by atoms with Gasteiger partial charge in [-0.2, -0.15) is 4.98 Å². The van der Waals surface area contributed by atoms with Crippen LogP contribution in [0.3, 0.4) is 0 Å². The van der Waals surface area contributed by atoms with Gasteiger partial charge in [0.2, 0.25) is 11.7 Å². The van der Waals surface area contributed by atoms with E-state index in [0.717, 1.165) is 53.5 Å². The number of nitrogens with zero attached hydrogens (tertiary/aromatic N) is 6. The highest BCUT2D eigenvalue weighted by Crippen LogP contribution is 2.36. The van der Waals surface area contributed by atoms with Crippen molar-refractivity contribution in [2.24, 2.45) is 0 Å². The van der Waals surface area contributed by atoms with E-state index >= 15 is 0 Å². The first-order valence-corrected chi connectivity index (χ1v) is 12.3. The van der Waals surface area contributed by atoms with Crippen LogP contribution < -0.4 is 9.64 Å². The van der Waals surface area contributed by atoms with Crippen LogP contribution in [0.15, 0.2) is 71.5 Å². The largest absolute Gasteiger partial charge is 0.497 e. The summed E-state index contributed by atoms with van der Waals surface area (Å²) < 4.78 is 10.7. The van der Waals surface area contributed by atoms with Gasteiger partial charge in [0.05, 0.1) is 19.0 Å². The smallest absolute Gasteiger partial charge is 0.241 e. The van der Waals surface area contributed by atoms with E-state index in [1.165, 1.54) is 10.4 Å². The van der Waals surface area contributed by atoms with E-state index in [1.54, 1.807) is 24.8 Å². The molecule has 6 rings (SSSR count). The first-order chi connectivity index (χ1) is 17.3. The molecule has 0 bridgehead atoms. The fraction of sp³-hybridized carbons (Fsp3) is 0.231. The van der Waals surface area contributed by atoms with E-state index in [-0.39, 0.29) is 0 Å². The van der Waals surface area contributed by atoms with E-state index in [0.29, 0.717) is 18.3 Å². The molecule has 0 spiro atoms. The summed E-state index contributed by atoms with van der Waals surface area (Å²) in [5, 5.41) is 5.27. The molecule has 0 amide bonds. The molecule has 8 nitrogen and oxygen atoms in total. The Hall–Kier alpha value is -3.82. The number of piperazine rings is 1. The molecule has 0 radical (unpaired) electrons. The molecular weight excluding hydrogens is 460 g/mol. The Morgan fingerprint density at radius 3 is 2.51 bits per heavy atom. The number of anilines is 1. The van der Waals surface area contributed by atoms with Crippen molar-refractivity contribution in [2.75, 3.05) is 38.2 Å². The average molecular weight is 485 g/mol. The highest BCUT2D eigenvalue weighted by Gasteiger charge is 2.23. The molecule has 1 saturated heterocycles. The molecular formula is C26H24N6O2S. The van der Waals surface area contributed by atoms with Crippen molar-refractivity contribution in [3.05, 3.63) is 72.9 Å². The zero-order valence-corrected chi connectivity index (χ0v) is 20.1. The molecule has 3 aromatic heterocycles. The maximum Gasteiger partial charge on any atom is 0.241 e. The number of aromatic nitrogens is 4. The average Bonchev–Trinajstić information content (AvgIpc) is 3.57. The van der Waals surface area contributed by atoms with Crippen molar-refractivity contribution >= 4 is 27.4 Å². The molecule has 0 N–H and O–H groups in total. The van der Waals surface area contributed by atoms with Crippen molar-refractivity contribution in [2.45, 2.75) is 6.54 Å². The number of ether oxygens (including phenoxy) is 1. The Balaban J connectivity index is 1.12. The van der Waals surface area contributed by atoms with Crippen molar-refractivity contribution in [1.29, 1.82) is 0 Å². The second-order valence-corrected chi connectivity index (χ2v) is 9.43. The fourth-order valence-corrected chi connectivity index (χ4v) is 5.32. The van der Waals surface area contributed by atoms with E-state index in [4.69, 9.17) is 9.26 Å². The van der Waals surface area contributed by atoms with Gasteiger partial charge >= 0.3 is 0 Å². The van der Waals surface area contributed by atoms with E-state index in [2.05, 4.69) is 60.2 Å². The number of fused-ring (bicyclic) bond motifs is 1. The maximum absolute atomic E-state index is 5.53. The van der Waals surface area contributed by atoms with Crippen LogP contribution in [0.5, 0.6) is 5.75 Å². The third-order valence-electron chi connectivity index (χ3n) is 6.21. The van der Waals surface area contributed by atoms with Gasteiger partial charge < -0.3 is 14.2 Å². The lowest BCUT2D eigenvalue weighted by Crippen LogP contribution is -2.46. The highest BCUT2D eigenvalue weighted by molar-refractivity contribution is 7.21. The predicted molar refractivity (Wildman–Crippen MR) is 137 cm³/mol. The number of methoxy groups -OCH3 is 1. The molecule has 0 unspecified atom stereocenters. The van der Waals surface area contributed by atoms with E-state index in [1.807, 2.05) is 30.3 Å². The second-order valence-electron chi connectivity index (χ2n) is 8.40. The summed E-state index contributed by atoms with van der Waals surface area (Å²) in [5.41, 5.74) is 2.11. The molecule has 1 aliphatic heterocycles. The lowest BCUT2D eigenvalue weighted by molar-refractivity contribution is 0.215. The summed E-state index contributed by atoms with van der Waals surface area (Å²) in [4.78, 5) is 20.7. The highest BCUT2D eigenvalue weighted by atomic mass is 32.1. The summed E-state index contributed by atoms with van der Waals surface area (Å²) >= 11 is 1.71. The van der Waals surface area contributed by atoms with Gasteiger partial charge in [0.1, 0.15) is 22.7 Å². The predicted octanol–water partition coefficient (Wildman–Crippen LogP) is 4.74. The molecule has 1 fully saturated rings. The normalized spacial score (nSPS) is 14.5. The second kappa shape index (κ2) is 9.44. The molecule has 176 valence electrons. The van der Waals surface area contributed by atoms with Gasteiger partial charge in [-0.15, -0.1) is 11.3 Å². The Bertz CT molecular complexity index is 1430. The fourth-order valence-electron chi connectivity index (χ4n) is 4.33. The quantitative estimate of drug-likeness (QED) is 0.342. The van der Waals surface area contributed by atoms with Gasteiger partial charge in [0.25, 0.3) is 0 Å². The lowest BCUT2D eigenvalue weighted by atomic mass is 10.2. The number of hydrogen-bond donors (Lipinski definition) is 0. The Morgan fingerprint density at radius 2 is 1.74 bits per heavy atom. The molecule has 5 aromatic rings. The van der Waals surface area contributed by atoms with Gasteiger partial charge in [-0.25, -0.2) is 9.97 Å². The number of benzene rings is 2. The molecule has 0 atom stereocenters. The van der Waals surface area contributed by atoms with Crippen LogP contribution >= 0.6 is 11.3 Å². The topological polar surface area (TPSA) is 80.4 Å². The number of hydrogen-bond acceptors (Lipinski definition) is 9. The Morgan fingerprint density at radius 1 is 0.943 bits per heavy atom. The lowest BCUT2D eigenvalue weighted by Gasteiger charge is -2.34. The van der Waals surface area contributed by atoms with Crippen LogP contribution in [0.25, 0.3) is 32.0 Å². The van der Waals surface area contributed by atoms with Gasteiger partial charge in [-0.3, -0.25) is 4.90 Å². The van der Waals surface area contributed by atoms with Gasteiger partial charge in [0, 0.05) is 36.6 Å². The molecule has 0 aliphatic carbocycles. The van der Waals surface area contributed by atoms with Gasteiger partial charge in [-0.1, -0.05) is 35.5 Å². The SMILES string of the molecule is COc1ccc(-c2noc(CN3CCN(c4ncnc5sc(-c6ccccc6)cc45)CC3)n2)cc1. The van der Waals surface area contributed by atoms with Crippen LogP contribution in [0.2, 0.25) is 0 Å². The van der Waals surface area contributed by atoms with Crippen LogP contribution in [0.1, 0.15) is 5.89 Å². The van der Waals surface area contributed by atoms with Crippen molar-refractivity contribution in [3.63, 3.8) is 0 Å². The monoisotopic (exact) mass is 484 g/mol. The van der Waals surface area contributed by atoms with E-state index < -0.39 is 0 Å². The van der Waals surface area contributed by atoms with Crippen molar-refractivity contribution < 1.29 is 9.26 Å². The van der Waals surface area contributed by atoms with Crippen molar-refractivity contribution in [3.8, 4) is 27.6 Å². The third kappa shape index (κ3) is 4.48. The van der Waals surface area contributed by atoms with Crippen molar-refractivity contribution in [1.82, 2.24) is 25.0 Å². The summed E-state index contributed by atoms with van der Waals surface area (Å²) in [6.45, 7) is 4.17. The number of rotatable bonds is 6. The summed E-state index contributed by atoms with van der Waals surface area (Å²) in [7, 11) is 1.65. The maximum atomic E-state index is 5.53. The van der Waals surface area contributed by atoms with Gasteiger partial charge in [-0.05, 0) is 35.9 Å². The minimum atomic E-state index is 0.594. The van der Waals surface area contributed by atoms with E-state index in [9.17, 15) is 0 Å². The molecule has 0 saturated carbocycles. The summed E-state index contributed by atoms with van der Waals surface area (Å²) in [5.74, 6) is 3.03. The molecule has 4 heterocycles. The zero-order chi connectivity index (χ0) is 23.6. The van der Waals surface area contributed by atoms with Crippen LogP contribution in [-0.2, 0) is 6.54 Å². The van der Waals surface area contributed by atoms with Gasteiger partial charge in [0.15, 0.2) is 0 Å². The molecule has 9 heteroatoms. The first-order valence-electron chi connectivity index (χ1n) is 11.5. The third-order valence-corrected chi connectivity index (χ3v) is 7.31. The Labute approximate surface area is 206 Å².